The highest BCUT2D eigenvalue weighted by Crippen LogP contribution is 2.39. The summed E-state index contributed by atoms with van der Waals surface area (Å²) in [7, 11) is 0. The summed E-state index contributed by atoms with van der Waals surface area (Å²) in [5.41, 5.74) is 5.20. The van der Waals surface area contributed by atoms with E-state index in [1.807, 2.05) is 0 Å². The monoisotopic (exact) mass is 267 g/mol. The van der Waals surface area contributed by atoms with Gasteiger partial charge in [0, 0.05) is 43.6 Å². The summed E-state index contributed by atoms with van der Waals surface area (Å²) in [5.74, 6) is 1.39. The number of hydrogen-bond donors (Lipinski definition) is 1. The second-order valence-electron chi connectivity index (χ2n) is 4.94. The van der Waals surface area contributed by atoms with Gasteiger partial charge in [-0.1, -0.05) is 0 Å². The Morgan fingerprint density at radius 1 is 1.33 bits per heavy atom. The van der Waals surface area contributed by atoms with Gasteiger partial charge in [-0.05, 0) is 12.8 Å². The minimum absolute atomic E-state index is 0.254. The van der Waals surface area contributed by atoms with Crippen molar-refractivity contribution in [2.75, 3.05) is 37.6 Å². The molecular weight excluding hydrogens is 250 g/mol. The van der Waals surface area contributed by atoms with Crippen LogP contribution in [0.3, 0.4) is 0 Å². The summed E-state index contributed by atoms with van der Waals surface area (Å²) >= 11 is 1.49. The summed E-state index contributed by atoms with van der Waals surface area (Å²) in [6, 6.07) is 0. The first-order chi connectivity index (χ1) is 8.72. The number of nitrogens with two attached hydrogens (primary N) is 1. The topological polar surface area (TPSA) is 75.4 Å². The van der Waals surface area contributed by atoms with Crippen LogP contribution in [0.25, 0.3) is 0 Å². The molecule has 18 heavy (non-hydrogen) atoms. The molecule has 0 radical (unpaired) electrons. The molecule has 1 saturated heterocycles. The molecule has 1 amide bonds. The normalized spacial score (nSPS) is 21.2. The fourth-order valence-corrected chi connectivity index (χ4v) is 2.98. The van der Waals surface area contributed by atoms with Gasteiger partial charge in [0.25, 0.3) is 0 Å². The number of piperazine rings is 1. The van der Waals surface area contributed by atoms with Crippen molar-refractivity contribution in [3.8, 4) is 0 Å². The fraction of sp³-hybridized carbons (Fsp3) is 0.727. The maximum atomic E-state index is 10.9. The predicted molar refractivity (Wildman–Crippen MR) is 69.7 cm³/mol. The number of carbonyl (C=O) groups excluding carboxylic acids is 1. The van der Waals surface area contributed by atoms with E-state index in [-0.39, 0.29) is 5.91 Å². The molecule has 98 valence electrons. The lowest BCUT2D eigenvalue weighted by atomic mass is 10.3. The van der Waals surface area contributed by atoms with Crippen molar-refractivity contribution in [3.63, 3.8) is 0 Å². The van der Waals surface area contributed by atoms with Crippen LogP contribution in [0.2, 0.25) is 0 Å². The zero-order valence-electron chi connectivity index (χ0n) is 10.2. The van der Waals surface area contributed by atoms with Crippen molar-refractivity contribution in [1.82, 2.24) is 14.3 Å². The van der Waals surface area contributed by atoms with Gasteiger partial charge in [-0.3, -0.25) is 9.69 Å². The Kier molecular flexibility index (Phi) is 3.17. The standard InChI is InChI=1S/C11H17N5OS/c12-9(17)7-15-3-5-16(6-4-15)11-13-10(14-18-11)8-1-2-8/h8H,1-7H2,(H2,12,17). The van der Waals surface area contributed by atoms with Gasteiger partial charge < -0.3 is 10.6 Å². The quantitative estimate of drug-likeness (QED) is 0.832. The second kappa shape index (κ2) is 4.81. The maximum Gasteiger partial charge on any atom is 0.231 e. The number of nitrogens with zero attached hydrogens (tertiary/aromatic N) is 4. The fourth-order valence-electron chi connectivity index (χ4n) is 2.18. The van der Waals surface area contributed by atoms with Crippen LogP contribution in [0.4, 0.5) is 5.13 Å². The first-order valence-corrected chi connectivity index (χ1v) is 7.09. The minimum atomic E-state index is -0.254. The van der Waals surface area contributed by atoms with E-state index >= 15 is 0 Å². The minimum Gasteiger partial charge on any atom is -0.369 e. The number of rotatable bonds is 4. The van der Waals surface area contributed by atoms with Gasteiger partial charge in [0.05, 0.1) is 6.54 Å². The molecule has 0 aromatic carbocycles. The average Bonchev–Trinajstić information content (AvgIpc) is 3.08. The number of amides is 1. The molecule has 1 aliphatic heterocycles. The van der Waals surface area contributed by atoms with Gasteiger partial charge in [0.15, 0.2) is 0 Å². The molecule has 0 bridgehead atoms. The van der Waals surface area contributed by atoms with Crippen LogP contribution in [-0.2, 0) is 4.79 Å². The van der Waals surface area contributed by atoms with Crippen molar-refractivity contribution < 1.29 is 4.79 Å². The van der Waals surface area contributed by atoms with Crippen molar-refractivity contribution in [2.45, 2.75) is 18.8 Å². The molecule has 2 fully saturated rings. The third kappa shape index (κ3) is 2.62. The first kappa shape index (κ1) is 11.9. The van der Waals surface area contributed by atoms with E-state index in [1.54, 1.807) is 0 Å². The van der Waals surface area contributed by atoms with Crippen LogP contribution >= 0.6 is 11.5 Å². The summed E-state index contributed by atoms with van der Waals surface area (Å²) in [6.45, 7) is 3.87. The van der Waals surface area contributed by atoms with Gasteiger partial charge in [0.1, 0.15) is 5.82 Å². The van der Waals surface area contributed by atoms with E-state index in [1.165, 1.54) is 24.4 Å². The Balaban J connectivity index is 1.56. The van der Waals surface area contributed by atoms with Gasteiger partial charge in [-0.25, -0.2) is 4.98 Å². The number of aromatic nitrogens is 2. The zero-order chi connectivity index (χ0) is 12.5. The average molecular weight is 267 g/mol. The van der Waals surface area contributed by atoms with Crippen LogP contribution in [-0.4, -0.2) is 52.9 Å². The number of hydrogen-bond acceptors (Lipinski definition) is 6. The Bertz CT molecular complexity index is 436. The second-order valence-corrected chi connectivity index (χ2v) is 5.67. The summed E-state index contributed by atoms with van der Waals surface area (Å²) in [5, 5.41) is 1.02. The molecule has 0 atom stereocenters. The molecule has 1 saturated carbocycles. The van der Waals surface area contributed by atoms with Crippen LogP contribution in [0, 0.1) is 0 Å². The Morgan fingerprint density at radius 3 is 2.67 bits per heavy atom. The van der Waals surface area contributed by atoms with Crippen molar-refractivity contribution in [2.24, 2.45) is 5.73 Å². The number of primary amides is 1. The lowest BCUT2D eigenvalue weighted by Gasteiger charge is -2.33. The zero-order valence-corrected chi connectivity index (χ0v) is 11.0. The van der Waals surface area contributed by atoms with Gasteiger partial charge >= 0.3 is 0 Å². The highest BCUT2D eigenvalue weighted by atomic mass is 32.1. The predicted octanol–water partition coefficient (Wildman–Crippen LogP) is 0.0228. The molecule has 2 aliphatic rings. The molecular formula is C11H17N5OS. The lowest BCUT2D eigenvalue weighted by Crippen LogP contribution is -2.48. The number of carbonyl (C=O) groups is 1. The maximum absolute atomic E-state index is 10.9. The summed E-state index contributed by atoms with van der Waals surface area (Å²) < 4.78 is 4.42. The van der Waals surface area contributed by atoms with Gasteiger partial charge in [0.2, 0.25) is 11.0 Å². The molecule has 0 spiro atoms. The Hall–Kier alpha value is -1.21. The summed E-state index contributed by atoms with van der Waals surface area (Å²) in [4.78, 5) is 19.8. The molecule has 3 rings (SSSR count). The molecule has 6 nitrogen and oxygen atoms in total. The van der Waals surface area contributed by atoms with Gasteiger partial charge in [-0.2, -0.15) is 4.37 Å². The third-order valence-electron chi connectivity index (χ3n) is 3.40. The smallest absolute Gasteiger partial charge is 0.231 e. The van der Waals surface area contributed by atoms with E-state index < -0.39 is 0 Å². The molecule has 0 unspecified atom stereocenters. The van der Waals surface area contributed by atoms with Crippen molar-refractivity contribution in [3.05, 3.63) is 5.82 Å². The molecule has 1 aromatic heterocycles. The molecule has 7 heteroatoms. The third-order valence-corrected chi connectivity index (χ3v) is 4.19. The lowest BCUT2D eigenvalue weighted by molar-refractivity contribution is -0.119. The van der Waals surface area contributed by atoms with Crippen LogP contribution < -0.4 is 10.6 Å². The van der Waals surface area contributed by atoms with Crippen LogP contribution in [0.5, 0.6) is 0 Å². The van der Waals surface area contributed by atoms with Crippen molar-refractivity contribution >= 4 is 22.6 Å². The highest BCUT2D eigenvalue weighted by molar-refractivity contribution is 7.09. The Morgan fingerprint density at radius 2 is 2.06 bits per heavy atom. The largest absolute Gasteiger partial charge is 0.369 e. The number of anilines is 1. The molecule has 1 aromatic rings. The van der Waals surface area contributed by atoms with Crippen molar-refractivity contribution in [1.29, 1.82) is 0 Å². The van der Waals surface area contributed by atoms with Crippen LogP contribution in [0.15, 0.2) is 0 Å². The molecule has 2 heterocycles. The molecule has 2 N–H and O–H groups in total. The SMILES string of the molecule is NC(=O)CN1CCN(c2nc(C3CC3)ns2)CC1. The van der Waals surface area contributed by atoms with E-state index in [4.69, 9.17) is 5.73 Å². The van der Waals surface area contributed by atoms with Gasteiger partial charge in [-0.15, -0.1) is 0 Å². The molecule has 1 aliphatic carbocycles. The van der Waals surface area contributed by atoms with E-state index in [0.29, 0.717) is 12.5 Å². The first-order valence-electron chi connectivity index (χ1n) is 6.31. The van der Waals surface area contributed by atoms with E-state index in [0.717, 1.165) is 37.1 Å². The Labute approximate surface area is 110 Å². The van der Waals surface area contributed by atoms with Crippen LogP contribution in [0.1, 0.15) is 24.6 Å². The van der Waals surface area contributed by atoms with E-state index in [2.05, 4.69) is 19.2 Å². The highest BCUT2D eigenvalue weighted by Gasteiger charge is 2.29. The summed E-state index contributed by atoms with van der Waals surface area (Å²) in [6.07, 6.45) is 2.48. The van der Waals surface area contributed by atoms with E-state index in [9.17, 15) is 4.79 Å².